The Kier molecular flexibility index (Phi) is 3.25. The fraction of sp³-hybridized carbons (Fsp3) is 0.231. The average Bonchev–Trinajstić information content (AvgIpc) is 2.98. The van der Waals surface area contributed by atoms with Crippen LogP contribution in [-0.2, 0) is 6.42 Å². The van der Waals surface area contributed by atoms with Gasteiger partial charge >= 0.3 is 0 Å². The molecule has 3 aromatic heterocycles. The smallest absolute Gasteiger partial charge is 0.134 e. The average molecular weight is 275 g/mol. The van der Waals surface area contributed by atoms with E-state index in [-0.39, 0.29) is 0 Å². The zero-order valence-electron chi connectivity index (χ0n) is 10.0. The molecule has 0 atom stereocenters. The summed E-state index contributed by atoms with van der Waals surface area (Å²) in [6.45, 7) is 2.90. The number of hydrogen-bond acceptors (Lipinski definition) is 5. The lowest BCUT2D eigenvalue weighted by atomic mass is 10.3. The first-order valence-electron chi connectivity index (χ1n) is 5.80. The van der Waals surface area contributed by atoms with E-state index in [0.29, 0.717) is 0 Å². The highest BCUT2D eigenvalue weighted by molar-refractivity contribution is 7.17. The SMILES string of the molecule is Cc1csc(CCNc2nccc3sccc23)n1. The van der Waals surface area contributed by atoms with Gasteiger partial charge in [0.1, 0.15) is 5.82 Å². The Labute approximate surface area is 114 Å². The van der Waals surface area contributed by atoms with Gasteiger partial charge in [0, 0.05) is 40.3 Å². The minimum absolute atomic E-state index is 0.870. The lowest BCUT2D eigenvalue weighted by Crippen LogP contribution is -2.06. The summed E-state index contributed by atoms with van der Waals surface area (Å²) in [5.41, 5.74) is 1.10. The summed E-state index contributed by atoms with van der Waals surface area (Å²) in [4.78, 5) is 8.85. The maximum absolute atomic E-state index is 4.45. The molecule has 3 aromatic rings. The highest BCUT2D eigenvalue weighted by Crippen LogP contribution is 2.25. The molecule has 0 aliphatic rings. The number of aryl methyl sites for hydroxylation is 1. The van der Waals surface area contributed by atoms with Crippen LogP contribution in [0, 0.1) is 6.92 Å². The van der Waals surface area contributed by atoms with E-state index >= 15 is 0 Å². The first-order chi connectivity index (χ1) is 8.83. The number of aromatic nitrogens is 2. The number of hydrogen-bond donors (Lipinski definition) is 1. The van der Waals surface area contributed by atoms with Crippen molar-refractivity contribution in [2.24, 2.45) is 0 Å². The van der Waals surface area contributed by atoms with E-state index < -0.39 is 0 Å². The topological polar surface area (TPSA) is 37.8 Å². The van der Waals surface area contributed by atoms with Crippen molar-refractivity contribution in [1.82, 2.24) is 9.97 Å². The summed E-state index contributed by atoms with van der Waals surface area (Å²) in [6.07, 6.45) is 2.80. The zero-order valence-corrected chi connectivity index (χ0v) is 11.6. The predicted molar refractivity (Wildman–Crippen MR) is 78.7 cm³/mol. The van der Waals surface area contributed by atoms with E-state index in [1.165, 1.54) is 15.1 Å². The standard InChI is InChI=1S/C13H13N3S2/c1-9-8-18-12(16-9)3-6-15-13-10-4-7-17-11(10)2-5-14-13/h2,4-5,7-8H,3,6H2,1H3,(H,14,15). The molecule has 3 rings (SSSR count). The van der Waals surface area contributed by atoms with Gasteiger partial charge in [0.2, 0.25) is 0 Å². The van der Waals surface area contributed by atoms with E-state index in [0.717, 1.165) is 24.5 Å². The van der Waals surface area contributed by atoms with Gasteiger partial charge in [-0.25, -0.2) is 9.97 Å². The molecular formula is C13H13N3S2. The van der Waals surface area contributed by atoms with Gasteiger partial charge in [-0.1, -0.05) is 0 Å². The van der Waals surface area contributed by atoms with Gasteiger partial charge in [0.05, 0.1) is 5.01 Å². The molecule has 1 N–H and O–H groups in total. The number of fused-ring (bicyclic) bond motifs is 1. The van der Waals surface area contributed by atoms with Gasteiger partial charge in [-0.05, 0) is 24.4 Å². The van der Waals surface area contributed by atoms with Crippen LogP contribution in [0.5, 0.6) is 0 Å². The molecule has 3 heterocycles. The van der Waals surface area contributed by atoms with Crippen molar-refractivity contribution in [3.8, 4) is 0 Å². The van der Waals surface area contributed by atoms with Crippen LogP contribution in [0.2, 0.25) is 0 Å². The Morgan fingerprint density at radius 3 is 3.06 bits per heavy atom. The number of pyridine rings is 1. The van der Waals surface area contributed by atoms with Crippen molar-refractivity contribution in [2.45, 2.75) is 13.3 Å². The van der Waals surface area contributed by atoms with E-state index in [1.54, 1.807) is 22.7 Å². The predicted octanol–water partition coefficient (Wildman–Crippen LogP) is 3.72. The van der Waals surface area contributed by atoms with Crippen molar-refractivity contribution in [3.63, 3.8) is 0 Å². The summed E-state index contributed by atoms with van der Waals surface area (Å²) in [7, 11) is 0. The summed E-state index contributed by atoms with van der Waals surface area (Å²) in [6, 6.07) is 4.16. The normalized spacial score (nSPS) is 10.9. The third-order valence-electron chi connectivity index (χ3n) is 2.68. The van der Waals surface area contributed by atoms with Crippen LogP contribution in [0.1, 0.15) is 10.7 Å². The van der Waals surface area contributed by atoms with Gasteiger partial charge < -0.3 is 5.32 Å². The van der Waals surface area contributed by atoms with Gasteiger partial charge in [-0.3, -0.25) is 0 Å². The fourth-order valence-corrected chi connectivity index (χ4v) is 3.40. The summed E-state index contributed by atoms with van der Waals surface area (Å²) in [5.74, 6) is 0.974. The third kappa shape index (κ3) is 2.37. The summed E-state index contributed by atoms with van der Waals surface area (Å²) >= 11 is 3.46. The van der Waals surface area contributed by atoms with Crippen LogP contribution >= 0.6 is 22.7 Å². The molecule has 3 nitrogen and oxygen atoms in total. The lowest BCUT2D eigenvalue weighted by molar-refractivity contribution is 0.980. The highest BCUT2D eigenvalue weighted by atomic mass is 32.1. The Morgan fingerprint density at radius 1 is 1.28 bits per heavy atom. The van der Waals surface area contributed by atoms with Crippen molar-refractivity contribution in [2.75, 3.05) is 11.9 Å². The lowest BCUT2D eigenvalue weighted by Gasteiger charge is -2.05. The number of thiazole rings is 1. The van der Waals surface area contributed by atoms with Gasteiger partial charge in [0.15, 0.2) is 0 Å². The van der Waals surface area contributed by atoms with Crippen LogP contribution in [-0.4, -0.2) is 16.5 Å². The molecule has 0 radical (unpaired) electrons. The van der Waals surface area contributed by atoms with E-state index in [9.17, 15) is 0 Å². The quantitative estimate of drug-likeness (QED) is 0.788. The number of nitrogens with zero attached hydrogens (tertiary/aromatic N) is 2. The largest absolute Gasteiger partial charge is 0.369 e. The maximum atomic E-state index is 4.45. The molecule has 0 saturated carbocycles. The minimum Gasteiger partial charge on any atom is -0.369 e. The monoisotopic (exact) mass is 275 g/mol. The van der Waals surface area contributed by atoms with E-state index in [2.05, 4.69) is 38.2 Å². The molecule has 0 bridgehead atoms. The van der Waals surface area contributed by atoms with Gasteiger partial charge in [0.25, 0.3) is 0 Å². The van der Waals surface area contributed by atoms with E-state index in [1.807, 2.05) is 13.1 Å². The fourth-order valence-electron chi connectivity index (χ4n) is 1.84. The molecule has 0 amide bonds. The Bertz CT molecular complexity index is 657. The van der Waals surface area contributed by atoms with Crippen LogP contribution in [0.4, 0.5) is 5.82 Å². The molecule has 0 spiro atoms. The number of rotatable bonds is 4. The van der Waals surface area contributed by atoms with Crippen molar-refractivity contribution in [3.05, 3.63) is 39.8 Å². The number of anilines is 1. The first-order valence-corrected chi connectivity index (χ1v) is 7.56. The molecule has 5 heteroatoms. The molecule has 0 aliphatic heterocycles. The van der Waals surface area contributed by atoms with E-state index in [4.69, 9.17) is 0 Å². The third-order valence-corrected chi connectivity index (χ3v) is 4.59. The van der Waals surface area contributed by atoms with Crippen LogP contribution in [0.15, 0.2) is 29.1 Å². The molecule has 0 aromatic carbocycles. The van der Waals surface area contributed by atoms with Gasteiger partial charge in [-0.15, -0.1) is 22.7 Å². The highest BCUT2D eigenvalue weighted by Gasteiger charge is 2.03. The number of nitrogens with one attached hydrogen (secondary N) is 1. The molecule has 0 saturated heterocycles. The second-order valence-electron chi connectivity index (χ2n) is 4.05. The molecule has 92 valence electrons. The second kappa shape index (κ2) is 5.04. The Balaban J connectivity index is 1.68. The van der Waals surface area contributed by atoms with Gasteiger partial charge in [-0.2, -0.15) is 0 Å². The summed E-state index contributed by atoms with van der Waals surface area (Å²) < 4.78 is 1.28. The summed E-state index contributed by atoms with van der Waals surface area (Å²) in [5, 5.41) is 9.97. The molecule has 18 heavy (non-hydrogen) atoms. The molecule has 0 aliphatic carbocycles. The second-order valence-corrected chi connectivity index (χ2v) is 5.94. The van der Waals surface area contributed by atoms with Crippen LogP contribution in [0.25, 0.3) is 10.1 Å². The maximum Gasteiger partial charge on any atom is 0.134 e. The molecule has 0 fully saturated rings. The Morgan fingerprint density at radius 2 is 2.22 bits per heavy atom. The van der Waals surface area contributed by atoms with Crippen molar-refractivity contribution >= 4 is 38.6 Å². The minimum atomic E-state index is 0.870. The Hall–Kier alpha value is -1.46. The molecule has 0 unspecified atom stereocenters. The van der Waals surface area contributed by atoms with Crippen molar-refractivity contribution < 1.29 is 0 Å². The van der Waals surface area contributed by atoms with Crippen LogP contribution in [0.3, 0.4) is 0 Å². The van der Waals surface area contributed by atoms with Crippen molar-refractivity contribution in [1.29, 1.82) is 0 Å². The number of thiophene rings is 1. The zero-order chi connectivity index (χ0) is 12.4. The first kappa shape index (κ1) is 11.6. The molecular weight excluding hydrogens is 262 g/mol. The van der Waals surface area contributed by atoms with Crippen LogP contribution < -0.4 is 5.32 Å².